The van der Waals surface area contributed by atoms with Gasteiger partial charge in [-0.25, -0.2) is 0 Å². The third-order valence-electron chi connectivity index (χ3n) is 2.24. The van der Waals surface area contributed by atoms with Gasteiger partial charge in [-0.3, -0.25) is 4.79 Å². The van der Waals surface area contributed by atoms with Crippen LogP contribution in [0.2, 0.25) is 0 Å². The van der Waals surface area contributed by atoms with Gasteiger partial charge in [-0.1, -0.05) is 0 Å². The molecule has 0 aromatic rings. The van der Waals surface area contributed by atoms with E-state index >= 15 is 0 Å². The monoisotopic (exact) mass is 221 g/mol. The zero-order valence-electron chi connectivity index (χ0n) is 8.20. The van der Waals surface area contributed by atoms with Crippen molar-refractivity contribution < 1.29 is 30.0 Å². The highest BCUT2D eigenvalue weighted by Crippen LogP contribution is 2.19. The fraction of sp³-hybridized carbons (Fsp3) is 0.875. The Balaban J connectivity index is 2.54. The molecule has 1 amide bonds. The lowest BCUT2D eigenvalue weighted by Crippen LogP contribution is -2.59. The fourth-order valence-corrected chi connectivity index (χ4v) is 1.34. The Kier molecular flexibility index (Phi) is 4.00. The van der Waals surface area contributed by atoms with Crippen LogP contribution in [0.1, 0.15) is 6.92 Å². The van der Waals surface area contributed by atoms with Crippen molar-refractivity contribution in [3.8, 4) is 0 Å². The molecule has 1 fully saturated rings. The van der Waals surface area contributed by atoms with Crippen molar-refractivity contribution >= 4 is 5.91 Å². The molecule has 0 spiro atoms. The van der Waals surface area contributed by atoms with Gasteiger partial charge in [0.15, 0.2) is 6.29 Å². The molecule has 1 heterocycles. The predicted molar refractivity (Wildman–Crippen MR) is 47.6 cm³/mol. The summed E-state index contributed by atoms with van der Waals surface area (Å²) in [6, 6.07) is 0. The molecular weight excluding hydrogens is 206 g/mol. The highest BCUT2D eigenvalue weighted by Gasteiger charge is 2.42. The molecule has 88 valence electrons. The molecule has 5 N–H and O–H groups in total. The van der Waals surface area contributed by atoms with Gasteiger partial charge in [0.25, 0.3) is 0 Å². The number of rotatable bonds is 2. The standard InChI is InChI=1S/C8H15NO6/c1-3(10)9-2-4-5(11)6(12)7(13)8(14)15-4/h4-8,11-14H,2H2,1H3,(H,9,10)/t4-,5-,6+,7+,8-/m0/s1. The van der Waals surface area contributed by atoms with Crippen molar-refractivity contribution in [3.63, 3.8) is 0 Å². The minimum Gasteiger partial charge on any atom is -0.388 e. The molecule has 1 aliphatic heterocycles. The van der Waals surface area contributed by atoms with E-state index < -0.39 is 30.7 Å². The number of nitrogens with one attached hydrogen (secondary N) is 1. The van der Waals surface area contributed by atoms with Gasteiger partial charge in [-0.2, -0.15) is 0 Å². The molecule has 5 atom stereocenters. The first kappa shape index (κ1) is 12.3. The molecule has 7 heteroatoms. The highest BCUT2D eigenvalue weighted by molar-refractivity contribution is 5.72. The second-order valence-electron chi connectivity index (χ2n) is 3.47. The minimum absolute atomic E-state index is 0.0443. The van der Waals surface area contributed by atoms with Crippen molar-refractivity contribution in [3.05, 3.63) is 0 Å². The van der Waals surface area contributed by atoms with Gasteiger partial charge in [0, 0.05) is 13.5 Å². The number of carbonyl (C=O) groups is 1. The summed E-state index contributed by atoms with van der Waals surface area (Å²) in [7, 11) is 0. The van der Waals surface area contributed by atoms with Crippen LogP contribution in [-0.4, -0.2) is 63.6 Å². The van der Waals surface area contributed by atoms with Crippen LogP contribution in [0.4, 0.5) is 0 Å². The number of carbonyl (C=O) groups excluding carboxylic acids is 1. The van der Waals surface area contributed by atoms with Gasteiger partial charge in [0.05, 0.1) is 0 Å². The third kappa shape index (κ3) is 2.86. The molecular formula is C8H15NO6. The Bertz CT molecular complexity index is 235. The summed E-state index contributed by atoms with van der Waals surface area (Å²) >= 11 is 0. The van der Waals surface area contributed by atoms with E-state index in [9.17, 15) is 15.0 Å². The maximum atomic E-state index is 10.6. The normalized spacial score (nSPS) is 41.3. The Morgan fingerprint density at radius 2 is 1.80 bits per heavy atom. The lowest BCUT2D eigenvalue weighted by Gasteiger charge is -2.38. The molecule has 15 heavy (non-hydrogen) atoms. The molecule has 1 saturated heterocycles. The molecule has 1 aliphatic rings. The van der Waals surface area contributed by atoms with E-state index in [0.717, 1.165) is 0 Å². The Morgan fingerprint density at radius 3 is 2.33 bits per heavy atom. The van der Waals surface area contributed by atoms with E-state index in [1.165, 1.54) is 6.92 Å². The molecule has 0 aliphatic carbocycles. The van der Waals surface area contributed by atoms with Gasteiger partial charge >= 0.3 is 0 Å². The molecule has 7 nitrogen and oxygen atoms in total. The van der Waals surface area contributed by atoms with E-state index in [2.05, 4.69) is 5.32 Å². The summed E-state index contributed by atoms with van der Waals surface area (Å²) in [4.78, 5) is 10.6. The van der Waals surface area contributed by atoms with Gasteiger partial charge in [0.1, 0.15) is 24.4 Å². The van der Waals surface area contributed by atoms with E-state index in [-0.39, 0.29) is 12.5 Å². The summed E-state index contributed by atoms with van der Waals surface area (Å²) in [6.07, 6.45) is -6.90. The second kappa shape index (κ2) is 4.86. The van der Waals surface area contributed by atoms with E-state index in [1.54, 1.807) is 0 Å². The van der Waals surface area contributed by atoms with Crippen molar-refractivity contribution in [2.45, 2.75) is 37.6 Å². The SMILES string of the molecule is CC(=O)NC[C@@H]1O[C@H](O)[C@H](O)[C@H](O)[C@H]1O. The Hall–Kier alpha value is -0.730. The number of amides is 1. The zero-order chi connectivity index (χ0) is 11.6. The van der Waals surface area contributed by atoms with Gasteiger partial charge < -0.3 is 30.5 Å². The quantitative estimate of drug-likeness (QED) is 0.337. The zero-order valence-corrected chi connectivity index (χ0v) is 8.20. The number of ether oxygens (including phenoxy) is 1. The van der Waals surface area contributed by atoms with Gasteiger partial charge in [-0.05, 0) is 0 Å². The average Bonchev–Trinajstić information content (AvgIpc) is 2.18. The lowest BCUT2D eigenvalue weighted by atomic mass is 9.99. The second-order valence-corrected chi connectivity index (χ2v) is 3.47. The van der Waals surface area contributed by atoms with E-state index in [4.69, 9.17) is 14.9 Å². The summed E-state index contributed by atoms with van der Waals surface area (Å²) < 4.78 is 4.81. The summed E-state index contributed by atoms with van der Waals surface area (Å²) in [5.74, 6) is -0.319. The number of hydrogen-bond donors (Lipinski definition) is 5. The van der Waals surface area contributed by atoms with Crippen LogP contribution >= 0.6 is 0 Å². The molecule has 0 saturated carbocycles. The van der Waals surface area contributed by atoms with Crippen LogP contribution in [0.5, 0.6) is 0 Å². The van der Waals surface area contributed by atoms with E-state index in [1.807, 2.05) is 0 Å². The largest absolute Gasteiger partial charge is 0.388 e. The van der Waals surface area contributed by atoms with Gasteiger partial charge in [-0.15, -0.1) is 0 Å². The summed E-state index contributed by atoms with van der Waals surface area (Å²) in [5, 5.41) is 39.4. The first-order chi connectivity index (χ1) is 6.93. The van der Waals surface area contributed by atoms with Crippen LogP contribution in [0.15, 0.2) is 0 Å². The van der Waals surface area contributed by atoms with Crippen molar-refractivity contribution in [2.75, 3.05) is 6.54 Å². The first-order valence-electron chi connectivity index (χ1n) is 4.55. The molecule has 0 aromatic carbocycles. The maximum Gasteiger partial charge on any atom is 0.216 e. The molecule has 1 rings (SSSR count). The van der Waals surface area contributed by atoms with Crippen molar-refractivity contribution in [1.29, 1.82) is 0 Å². The topological polar surface area (TPSA) is 119 Å². The Labute approximate surface area is 86.3 Å². The predicted octanol–water partition coefficient (Wildman–Crippen LogP) is -3.08. The molecule has 0 unspecified atom stereocenters. The number of aliphatic hydroxyl groups excluding tert-OH is 4. The van der Waals surface area contributed by atoms with Crippen molar-refractivity contribution in [1.82, 2.24) is 5.32 Å². The van der Waals surface area contributed by atoms with Crippen LogP contribution in [0, 0.1) is 0 Å². The third-order valence-corrected chi connectivity index (χ3v) is 2.24. The van der Waals surface area contributed by atoms with E-state index in [0.29, 0.717) is 0 Å². The highest BCUT2D eigenvalue weighted by atomic mass is 16.6. The fourth-order valence-electron chi connectivity index (χ4n) is 1.34. The van der Waals surface area contributed by atoms with Crippen LogP contribution in [0.3, 0.4) is 0 Å². The average molecular weight is 221 g/mol. The molecule has 0 bridgehead atoms. The van der Waals surface area contributed by atoms with Gasteiger partial charge in [0.2, 0.25) is 5.91 Å². The molecule has 0 radical (unpaired) electrons. The molecule has 0 aromatic heterocycles. The summed E-state index contributed by atoms with van der Waals surface area (Å²) in [5.41, 5.74) is 0. The number of hydrogen-bond acceptors (Lipinski definition) is 6. The lowest BCUT2D eigenvalue weighted by molar-refractivity contribution is -0.280. The minimum atomic E-state index is -1.57. The summed E-state index contributed by atoms with van der Waals surface area (Å²) in [6.45, 7) is 1.24. The van der Waals surface area contributed by atoms with Crippen LogP contribution in [-0.2, 0) is 9.53 Å². The smallest absolute Gasteiger partial charge is 0.216 e. The Morgan fingerprint density at radius 1 is 1.20 bits per heavy atom. The first-order valence-corrected chi connectivity index (χ1v) is 4.55. The van der Waals surface area contributed by atoms with Crippen LogP contribution in [0.25, 0.3) is 0 Å². The number of aliphatic hydroxyl groups is 4. The van der Waals surface area contributed by atoms with Crippen LogP contribution < -0.4 is 5.32 Å². The maximum absolute atomic E-state index is 10.6. The van der Waals surface area contributed by atoms with Crippen molar-refractivity contribution in [2.24, 2.45) is 0 Å².